The Bertz CT molecular complexity index is 197. The smallest absolute Gasteiger partial charge is 0.0687 e. The quantitative estimate of drug-likeness (QED) is 0.643. The summed E-state index contributed by atoms with van der Waals surface area (Å²) in [6, 6.07) is 2.44. The molecule has 2 heteroatoms. The summed E-state index contributed by atoms with van der Waals surface area (Å²) >= 11 is 0. The van der Waals surface area contributed by atoms with E-state index in [1.165, 1.54) is 25.8 Å². The second kappa shape index (κ2) is 5.36. The van der Waals surface area contributed by atoms with Crippen LogP contribution in [-0.4, -0.2) is 24.5 Å². The second-order valence-electron chi connectivity index (χ2n) is 4.72. The van der Waals surface area contributed by atoms with Crippen LogP contribution >= 0.6 is 0 Å². The van der Waals surface area contributed by atoms with Crippen LogP contribution < -0.4 is 0 Å². The zero-order valence-corrected chi connectivity index (χ0v) is 9.55. The van der Waals surface area contributed by atoms with Crippen molar-refractivity contribution in [3.8, 4) is 6.07 Å². The van der Waals surface area contributed by atoms with E-state index in [9.17, 15) is 0 Å². The first-order chi connectivity index (χ1) is 6.70. The Hall–Kier alpha value is -0.550. The van der Waals surface area contributed by atoms with Crippen molar-refractivity contribution in [3.63, 3.8) is 0 Å². The summed E-state index contributed by atoms with van der Waals surface area (Å²) in [5.74, 6) is 0. The molecule has 2 nitrogen and oxygen atoms in total. The minimum Gasteiger partial charge on any atom is -0.303 e. The molecule has 0 saturated carbocycles. The normalized spacial score (nSPS) is 21.8. The summed E-state index contributed by atoms with van der Waals surface area (Å²) < 4.78 is 0. The maximum absolute atomic E-state index is 8.98. The van der Waals surface area contributed by atoms with Crippen molar-refractivity contribution in [1.82, 2.24) is 4.90 Å². The fourth-order valence-corrected chi connectivity index (χ4v) is 1.97. The molecule has 0 aromatic carbocycles. The van der Waals surface area contributed by atoms with E-state index in [1.807, 2.05) is 0 Å². The van der Waals surface area contributed by atoms with Gasteiger partial charge in [-0.1, -0.05) is 19.8 Å². The third-order valence-electron chi connectivity index (χ3n) is 3.31. The van der Waals surface area contributed by atoms with Crippen molar-refractivity contribution in [1.29, 1.82) is 5.26 Å². The molecule has 0 bridgehead atoms. The Morgan fingerprint density at radius 2 is 1.93 bits per heavy atom. The standard InChI is InChI=1S/C12H22N2/c1-3-4-5-8-14-9-6-12(2,11-13)7-10-14/h3-10H2,1-2H3. The van der Waals surface area contributed by atoms with Gasteiger partial charge in [0.05, 0.1) is 11.5 Å². The zero-order chi connectivity index (χ0) is 10.4. The Kier molecular flexibility index (Phi) is 4.41. The summed E-state index contributed by atoms with van der Waals surface area (Å²) in [5, 5.41) is 8.98. The minimum absolute atomic E-state index is 0.0404. The molecule has 0 amide bonds. The van der Waals surface area contributed by atoms with Crippen molar-refractivity contribution in [2.75, 3.05) is 19.6 Å². The molecular weight excluding hydrogens is 172 g/mol. The molecule has 80 valence electrons. The fraction of sp³-hybridized carbons (Fsp3) is 0.917. The van der Waals surface area contributed by atoms with Crippen LogP contribution in [0.2, 0.25) is 0 Å². The number of nitrogens with zero attached hydrogens (tertiary/aromatic N) is 2. The van der Waals surface area contributed by atoms with E-state index in [2.05, 4.69) is 24.8 Å². The first-order valence-electron chi connectivity index (χ1n) is 5.84. The van der Waals surface area contributed by atoms with E-state index >= 15 is 0 Å². The van der Waals surface area contributed by atoms with E-state index in [0.29, 0.717) is 0 Å². The number of piperidine rings is 1. The molecule has 0 aromatic heterocycles. The summed E-state index contributed by atoms with van der Waals surface area (Å²) in [5.41, 5.74) is -0.0404. The van der Waals surface area contributed by atoms with E-state index in [-0.39, 0.29) is 5.41 Å². The molecule has 1 heterocycles. The molecule has 1 aliphatic rings. The Morgan fingerprint density at radius 3 is 2.43 bits per heavy atom. The van der Waals surface area contributed by atoms with Gasteiger partial charge in [0, 0.05) is 0 Å². The molecule has 0 aromatic rings. The highest BCUT2D eigenvalue weighted by molar-refractivity contribution is 4.98. The molecule has 0 spiro atoms. The van der Waals surface area contributed by atoms with Gasteiger partial charge in [0.2, 0.25) is 0 Å². The molecule has 1 aliphatic heterocycles. The topological polar surface area (TPSA) is 27.0 Å². The number of unbranched alkanes of at least 4 members (excludes halogenated alkanes) is 2. The lowest BCUT2D eigenvalue weighted by Crippen LogP contribution is -2.38. The van der Waals surface area contributed by atoms with Gasteiger partial charge in [-0.05, 0) is 45.8 Å². The third-order valence-corrected chi connectivity index (χ3v) is 3.31. The van der Waals surface area contributed by atoms with Crippen molar-refractivity contribution in [2.24, 2.45) is 5.41 Å². The molecule has 14 heavy (non-hydrogen) atoms. The second-order valence-corrected chi connectivity index (χ2v) is 4.72. The highest BCUT2D eigenvalue weighted by atomic mass is 15.1. The van der Waals surface area contributed by atoms with Crippen LogP contribution in [0.3, 0.4) is 0 Å². The number of likely N-dealkylation sites (tertiary alicyclic amines) is 1. The number of hydrogen-bond donors (Lipinski definition) is 0. The highest BCUT2D eigenvalue weighted by Gasteiger charge is 2.29. The van der Waals surface area contributed by atoms with Crippen LogP contribution in [0.5, 0.6) is 0 Å². The maximum atomic E-state index is 8.98. The molecule has 1 rings (SSSR count). The molecular formula is C12H22N2. The van der Waals surface area contributed by atoms with Gasteiger partial charge in [-0.2, -0.15) is 5.26 Å². The number of hydrogen-bond acceptors (Lipinski definition) is 2. The average Bonchev–Trinajstić information content (AvgIpc) is 2.22. The lowest BCUT2D eigenvalue weighted by Gasteiger charge is -2.34. The molecule has 0 radical (unpaired) electrons. The minimum atomic E-state index is -0.0404. The van der Waals surface area contributed by atoms with Crippen LogP contribution in [0.15, 0.2) is 0 Å². The maximum Gasteiger partial charge on any atom is 0.0687 e. The van der Waals surface area contributed by atoms with Gasteiger partial charge in [-0.25, -0.2) is 0 Å². The predicted octanol–water partition coefficient (Wildman–Crippen LogP) is 2.80. The van der Waals surface area contributed by atoms with Crippen LogP contribution in [0.4, 0.5) is 0 Å². The first-order valence-corrected chi connectivity index (χ1v) is 5.84. The van der Waals surface area contributed by atoms with Crippen LogP contribution in [0.1, 0.15) is 46.0 Å². The molecule has 0 unspecified atom stereocenters. The van der Waals surface area contributed by atoms with E-state index < -0.39 is 0 Å². The third kappa shape index (κ3) is 3.31. The van der Waals surface area contributed by atoms with Gasteiger partial charge >= 0.3 is 0 Å². The van der Waals surface area contributed by atoms with Crippen molar-refractivity contribution in [3.05, 3.63) is 0 Å². The Labute approximate surface area is 87.9 Å². The predicted molar refractivity (Wildman–Crippen MR) is 58.9 cm³/mol. The molecule has 0 N–H and O–H groups in total. The van der Waals surface area contributed by atoms with Crippen LogP contribution in [0.25, 0.3) is 0 Å². The van der Waals surface area contributed by atoms with Gasteiger partial charge < -0.3 is 4.90 Å². The van der Waals surface area contributed by atoms with Crippen LogP contribution in [0, 0.1) is 16.7 Å². The summed E-state index contributed by atoms with van der Waals surface area (Å²) in [7, 11) is 0. The molecule has 0 aliphatic carbocycles. The van der Waals surface area contributed by atoms with Gasteiger partial charge in [-0.3, -0.25) is 0 Å². The first kappa shape index (κ1) is 11.5. The van der Waals surface area contributed by atoms with Crippen LogP contribution in [-0.2, 0) is 0 Å². The van der Waals surface area contributed by atoms with E-state index in [0.717, 1.165) is 25.9 Å². The SMILES string of the molecule is CCCCCN1CCC(C)(C#N)CC1. The number of nitriles is 1. The average molecular weight is 194 g/mol. The lowest BCUT2D eigenvalue weighted by molar-refractivity contribution is 0.154. The molecule has 0 atom stereocenters. The van der Waals surface area contributed by atoms with Gasteiger partial charge in [0.1, 0.15) is 0 Å². The van der Waals surface area contributed by atoms with Gasteiger partial charge in [0.25, 0.3) is 0 Å². The lowest BCUT2D eigenvalue weighted by atomic mass is 9.82. The summed E-state index contributed by atoms with van der Waals surface area (Å²) in [6.07, 6.45) is 6.06. The largest absolute Gasteiger partial charge is 0.303 e. The van der Waals surface area contributed by atoms with Crippen molar-refractivity contribution in [2.45, 2.75) is 46.0 Å². The van der Waals surface area contributed by atoms with Gasteiger partial charge in [0.15, 0.2) is 0 Å². The fourth-order valence-electron chi connectivity index (χ4n) is 1.97. The Morgan fingerprint density at radius 1 is 1.29 bits per heavy atom. The van der Waals surface area contributed by atoms with Gasteiger partial charge in [-0.15, -0.1) is 0 Å². The number of rotatable bonds is 4. The zero-order valence-electron chi connectivity index (χ0n) is 9.55. The monoisotopic (exact) mass is 194 g/mol. The molecule has 1 saturated heterocycles. The Balaban J connectivity index is 2.20. The van der Waals surface area contributed by atoms with E-state index in [1.54, 1.807) is 0 Å². The summed E-state index contributed by atoms with van der Waals surface area (Å²) in [4.78, 5) is 2.51. The van der Waals surface area contributed by atoms with Crippen molar-refractivity contribution >= 4 is 0 Å². The van der Waals surface area contributed by atoms with E-state index in [4.69, 9.17) is 5.26 Å². The van der Waals surface area contributed by atoms with Crippen molar-refractivity contribution < 1.29 is 0 Å². The summed E-state index contributed by atoms with van der Waals surface area (Å²) in [6.45, 7) is 7.80. The molecule has 1 fully saturated rings. The highest BCUT2D eigenvalue weighted by Crippen LogP contribution is 2.29.